The van der Waals surface area contributed by atoms with Crippen molar-refractivity contribution >= 4 is 16.7 Å². The van der Waals surface area contributed by atoms with Gasteiger partial charge < -0.3 is 20.1 Å². The lowest BCUT2D eigenvalue weighted by atomic mass is 9.72. The van der Waals surface area contributed by atoms with Gasteiger partial charge in [0.05, 0.1) is 5.69 Å². The highest BCUT2D eigenvalue weighted by Gasteiger charge is 2.46. The Morgan fingerprint density at radius 1 is 1.14 bits per heavy atom. The van der Waals surface area contributed by atoms with Crippen molar-refractivity contribution in [2.24, 2.45) is 17.1 Å². The first-order valence-corrected chi connectivity index (χ1v) is 11.5. The number of hydrogen-bond acceptors (Lipinski definition) is 6. The van der Waals surface area contributed by atoms with Gasteiger partial charge in [0, 0.05) is 44.5 Å². The van der Waals surface area contributed by atoms with Crippen molar-refractivity contribution < 1.29 is 32.3 Å². The summed E-state index contributed by atoms with van der Waals surface area (Å²) in [4.78, 5) is 11.4. The number of likely N-dealkylation sites (tertiary alicyclic amines) is 1. The zero-order valence-corrected chi connectivity index (χ0v) is 19.1. The van der Waals surface area contributed by atoms with E-state index in [0.717, 1.165) is 69.3 Å². The van der Waals surface area contributed by atoms with E-state index in [1.807, 2.05) is 0 Å². The third kappa shape index (κ3) is 5.83. The number of halogens is 3. The van der Waals surface area contributed by atoms with Crippen LogP contribution in [0.25, 0.3) is 22.1 Å². The minimum absolute atomic E-state index is 0.317. The topological polar surface area (TPSA) is 102 Å². The molecule has 1 aromatic heterocycles. The molecule has 1 spiro atoms. The van der Waals surface area contributed by atoms with Gasteiger partial charge in [-0.3, -0.25) is 4.90 Å². The number of aromatic nitrogens is 1. The van der Waals surface area contributed by atoms with Crippen molar-refractivity contribution in [2.75, 3.05) is 32.8 Å². The van der Waals surface area contributed by atoms with Gasteiger partial charge in [-0.15, -0.1) is 0 Å². The number of ether oxygens (including phenoxy) is 1. The maximum atomic E-state index is 10.6. The minimum Gasteiger partial charge on any atom is -0.475 e. The molecule has 0 radical (unpaired) electrons. The highest BCUT2D eigenvalue weighted by Crippen LogP contribution is 2.44. The third-order valence-electron chi connectivity index (χ3n) is 6.88. The standard InChI is InChI=1S/C23H27N3O2.C2HF3O2/c24-13-20-14-26(16-23(20)7-9-27-10-8-23)15-21-12-22(28-25-21)19-6-5-17-3-1-2-4-18(17)11-19;3-2(4,5)1(6)7/h1-6,11-12,20H,7-10,13-16,24H2;(H,6,7). The number of benzene rings is 2. The molecule has 0 bridgehead atoms. The van der Waals surface area contributed by atoms with E-state index in [9.17, 15) is 13.2 Å². The van der Waals surface area contributed by atoms with Gasteiger partial charge in [0.15, 0.2) is 5.76 Å². The predicted octanol–water partition coefficient (Wildman–Crippen LogP) is 4.32. The van der Waals surface area contributed by atoms with Crippen LogP contribution in [-0.2, 0) is 16.1 Å². The molecule has 5 rings (SSSR count). The second-order valence-corrected chi connectivity index (χ2v) is 9.12. The molecule has 10 heteroatoms. The Kier molecular flexibility index (Phi) is 7.44. The Labute approximate surface area is 200 Å². The van der Waals surface area contributed by atoms with Gasteiger partial charge >= 0.3 is 12.1 Å². The van der Waals surface area contributed by atoms with Crippen LogP contribution in [0.15, 0.2) is 53.1 Å². The summed E-state index contributed by atoms with van der Waals surface area (Å²) in [7, 11) is 0. The fourth-order valence-corrected chi connectivity index (χ4v) is 5.03. The van der Waals surface area contributed by atoms with Crippen LogP contribution >= 0.6 is 0 Å². The molecule has 0 aliphatic carbocycles. The van der Waals surface area contributed by atoms with E-state index in [1.165, 1.54) is 10.8 Å². The van der Waals surface area contributed by atoms with Crippen LogP contribution in [0.5, 0.6) is 0 Å². The number of carbonyl (C=O) groups is 1. The quantitative estimate of drug-likeness (QED) is 0.561. The lowest BCUT2D eigenvalue weighted by molar-refractivity contribution is -0.192. The highest BCUT2D eigenvalue weighted by atomic mass is 19.4. The molecule has 2 aromatic carbocycles. The fourth-order valence-electron chi connectivity index (χ4n) is 5.03. The van der Waals surface area contributed by atoms with Gasteiger partial charge in [-0.1, -0.05) is 41.6 Å². The maximum Gasteiger partial charge on any atom is 0.490 e. The number of hydrogen-bond donors (Lipinski definition) is 2. The Hall–Kier alpha value is -2.95. The number of aliphatic carboxylic acids is 1. The van der Waals surface area contributed by atoms with Crippen LogP contribution in [0.3, 0.4) is 0 Å². The molecule has 3 aromatic rings. The molecule has 1 atom stereocenters. The summed E-state index contributed by atoms with van der Waals surface area (Å²) < 4.78 is 43.0. The molecule has 2 aliphatic heterocycles. The number of nitrogens with zero attached hydrogens (tertiary/aromatic N) is 2. The van der Waals surface area contributed by atoms with Gasteiger partial charge in [0.2, 0.25) is 0 Å². The Morgan fingerprint density at radius 2 is 1.83 bits per heavy atom. The summed E-state index contributed by atoms with van der Waals surface area (Å²) in [6, 6.07) is 16.8. The molecule has 35 heavy (non-hydrogen) atoms. The molecule has 3 N–H and O–H groups in total. The van der Waals surface area contributed by atoms with E-state index >= 15 is 0 Å². The number of carboxylic acids is 1. The summed E-state index contributed by atoms with van der Waals surface area (Å²) in [5, 5.41) is 13.9. The van der Waals surface area contributed by atoms with Gasteiger partial charge in [0.1, 0.15) is 0 Å². The van der Waals surface area contributed by atoms with E-state index in [0.29, 0.717) is 11.3 Å². The molecule has 3 heterocycles. The number of fused-ring (bicyclic) bond motifs is 1. The lowest BCUT2D eigenvalue weighted by Crippen LogP contribution is -2.39. The molecule has 2 saturated heterocycles. The smallest absolute Gasteiger partial charge is 0.475 e. The highest BCUT2D eigenvalue weighted by molar-refractivity contribution is 5.86. The molecule has 1 unspecified atom stereocenters. The Morgan fingerprint density at radius 3 is 2.49 bits per heavy atom. The van der Waals surface area contributed by atoms with Crippen molar-refractivity contribution in [3.63, 3.8) is 0 Å². The van der Waals surface area contributed by atoms with Crippen LogP contribution in [0.2, 0.25) is 0 Å². The van der Waals surface area contributed by atoms with Gasteiger partial charge in [-0.2, -0.15) is 13.2 Å². The Balaban J connectivity index is 0.000000364. The first kappa shape index (κ1) is 25.2. The summed E-state index contributed by atoms with van der Waals surface area (Å²) in [6.45, 7) is 5.40. The monoisotopic (exact) mass is 491 g/mol. The zero-order chi connectivity index (χ0) is 25.1. The van der Waals surface area contributed by atoms with E-state index < -0.39 is 12.1 Å². The average Bonchev–Trinajstić information content (AvgIpc) is 3.43. The third-order valence-corrected chi connectivity index (χ3v) is 6.88. The van der Waals surface area contributed by atoms with Crippen LogP contribution in [0.4, 0.5) is 13.2 Å². The van der Waals surface area contributed by atoms with Crippen LogP contribution in [0.1, 0.15) is 18.5 Å². The van der Waals surface area contributed by atoms with Crippen molar-refractivity contribution in [3.8, 4) is 11.3 Å². The number of carboxylic acid groups (broad SMARTS) is 1. The predicted molar refractivity (Wildman–Crippen MR) is 123 cm³/mol. The zero-order valence-electron chi connectivity index (χ0n) is 19.1. The van der Waals surface area contributed by atoms with E-state index in [-0.39, 0.29) is 0 Å². The van der Waals surface area contributed by atoms with Crippen molar-refractivity contribution in [2.45, 2.75) is 25.6 Å². The first-order chi connectivity index (χ1) is 16.7. The lowest BCUT2D eigenvalue weighted by Gasteiger charge is -2.37. The summed E-state index contributed by atoms with van der Waals surface area (Å²) in [5.41, 5.74) is 8.49. The van der Waals surface area contributed by atoms with Gasteiger partial charge in [-0.25, -0.2) is 4.79 Å². The maximum absolute atomic E-state index is 10.6. The molecular weight excluding hydrogens is 463 g/mol. The Bertz CT molecular complexity index is 1160. The SMILES string of the molecule is NCC1CN(Cc2cc(-c3ccc4ccccc4c3)on2)CC12CCOCC2.O=C(O)C(F)(F)F. The first-order valence-electron chi connectivity index (χ1n) is 11.5. The van der Waals surface area contributed by atoms with Crippen LogP contribution in [-0.4, -0.2) is 60.2 Å². The van der Waals surface area contributed by atoms with E-state index in [2.05, 4.69) is 58.6 Å². The number of nitrogens with two attached hydrogens (primary N) is 1. The molecular formula is C25H28F3N3O4. The van der Waals surface area contributed by atoms with Gasteiger partial charge in [0.25, 0.3) is 0 Å². The minimum atomic E-state index is -5.08. The fraction of sp³-hybridized carbons (Fsp3) is 0.440. The van der Waals surface area contributed by atoms with Crippen LogP contribution in [0, 0.1) is 11.3 Å². The van der Waals surface area contributed by atoms with Crippen LogP contribution < -0.4 is 5.73 Å². The number of alkyl halides is 3. The van der Waals surface area contributed by atoms with Crippen molar-refractivity contribution in [3.05, 3.63) is 54.2 Å². The van der Waals surface area contributed by atoms with Gasteiger partial charge in [-0.05, 0) is 47.6 Å². The summed E-state index contributed by atoms with van der Waals surface area (Å²) in [6.07, 6.45) is -2.85. The normalized spacial score (nSPS) is 20.1. The van der Waals surface area contributed by atoms with E-state index in [1.54, 1.807) is 0 Å². The molecule has 0 saturated carbocycles. The molecule has 188 valence electrons. The number of rotatable bonds is 4. The molecule has 2 aliphatic rings. The molecule has 2 fully saturated rings. The second-order valence-electron chi connectivity index (χ2n) is 9.12. The van der Waals surface area contributed by atoms with E-state index in [4.69, 9.17) is 24.9 Å². The summed E-state index contributed by atoms with van der Waals surface area (Å²) in [5.74, 6) is -1.38. The van der Waals surface area contributed by atoms with Crippen molar-refractivity contribution in [1.29, 1.82) is 0 Å². The largest absolute Gasteiger partial charge is 0.490 e. The summed E-state index contributed by atoms with van der Waals surface area (Å²) >= 11 is 0. The second kappa shape index (κ2) is 10.3. The van der Waals surface area contributed by atoms with Crippen molar-refractivity contribution in [1.82, 2.24) is 10.1 Å². The molecule has 0 amide bonds. The average molecular weight is 492 g/mol. The molecule has 7 nitrogen and oxygen atoms in total.